The Kier molecular flexibility index (Phi) is 3.49. The molecule has 2 bridgehead atoms. The lowest BCUT2D eigenvalue weighted by Crippen LogP contribution is -2.40. The van der Waals surface area contributed by atoms with Crippen molar-refractivity contribution in [2.75, 3.05) is 13.2 Å². The zero-order chi connectivity index (χ0) is 16.9. The third-order valence-electron chi connectivity index (χ3n) is 5.44. The number of carbonyl (C=O) groups is 2. The molecular weight excluding hydrogens is 306 g/mol. The first-order valence-corrected chi connectivity index (χ1v) is 8.46. The van der Waals surface area contributed by atoms with Gasteiger partial charge in [-0.2, -0.15) is 0 Å². The Morgan fingerprint density at radius 1 is 1.42 bits per heavy atom. The highest BCUT2D eigenvalue weighted by Crippen LogP contribution is 2.53. The maximum atomic E-state index is 13.1. The van der Waals surface area contributed by atoms with Gasteiger partial charge < -0.3 is 14.4 Å². The van der Waals surface area contributed by atoms with Gasteiger partial charge in [0.2, 0.25) is 5.91 Å². The van der Waals surface area contributed by atoms with E-state index in [4.69, 9.17) is 9.47 Å². The van der Waals surface area contributed by atoms with E-state index in [0.29, 0.717) is 13.2 Å². The fourth-order valence-corrected chi connectivity index (χ4v) is 4.27. The Morgan fingerprint density at radius 2 is 2.17 bits per heavy atom. The van der Waals surface area contributed by atoms with Crippen LogP contribution in [0.5, 0.6) is 0 Å². The number of carbonyl (C=O) groups excluding carboxylic acids is 2. The van der Waals surface area contributed by atoms with Gasteiger partial charge in [-0.3, -0.25) is 9.59 Å². The number of benzene rings is 1. The Hall–Kier alpha value is -2.14. The lowest BCUT2D eigenvalue weighted by molar-refractivity contribution is -0.153. The van der Waals surface area contributed by atoms with Crippen molar-refractivity contribution in [3.05, 3.63) is 48.0 Å². The summed E-state index contributed by atoms with van der Waals surface area (Å²) >= 11 is 0. The van der Waals surface area contributed by atoms with Crippen molar-refractivity contribution >= 4 is 11.9 Å². The van der Waals surface area contributed by atoms with Gasteiger partial charge in [-0.15, -0.1) is 0 Å². The molecule has 3 aliphatic heterocycles. The topological polar surface area (TPSA) is 55.8 Å². The molecule has 5 atom stereocenters. The molecule has 0 radical (unpaired) electrons. The normalized spacial score (nSPS) is 34.5. The average molecular weight is 327 g/mol. The van der Waals surface area contributed by atoms with Crippen LogP contribution in [0.15, 0.2) is 42.5 Å². The van der Waals surface area contributed by atoms with Crippen LogP contribution in [0.3, 0.4) is 0 Å². The monoisotopic (exact) mass is 327 g/mol. The molecule has 1 aromatic carbocycles. The van der Waals surface area contributed by atoms with Crippen molar-refractivity contribution in [1.29, 1.82) is 0 Å². The van der Waals surface area contributed by atoms with Crippen molar-refractivity contribution in [2.24, 2.45) is 11.8 Å². The number of nitrogens with zero attached hydrogens (tertiary/aromatic N) is 1. The van der Waals surface area contributed by atoms with E-state index in [1.807, 2.05) is 54.3 Å². The number of hydrogen-bond donors (Lipinski definition) is 0. The summed E-state index contributed by atoms with van der Waals surface area (Å²) in [5.41, 5.74) is 0.399. The Labute approximate surface area is 141 Å². The fourth-order valence-electron chi connectivity index (χ4n) is 4.27. The van der Waals surface area contributed by atoms with E-state index < -0.39 is 17.4 Å². The molecule has 0 unspecified atom stereocenters. The van der Waals surface area contributed by atoms with E-state index in [9.17, 15) is 9.59 Å². The number of fused-ring (bicyclic) bond motifs is 1. The van der Waals surface area contributed by atoms with E-state index in [1.54, 1.807) is 6.92 Å². The molecule has 1 aromatic rings. The Bertz CT molecular complexity index is 701. The third-order valence-corrected chi connectivity index (χ3v) is 5.44. The second kappa shape index (κ2) is 5.45. The highest BCUT2D eigenvalue weighted by molar-refractivity contribution is 5.91. The Balaban J connectivity index is 1.64. The largest absolute Gasteiger partial charge is 0.466 e. The van der Waals surface area contributed by atoms with Gasteiger partial charge >= 0.3 is 5.97 Å². The first-order chi connectivity index (χ1) is 11.6. The standard InChI is InChI=1S/C19H21NO4/c1-3-23-18(22)15-14-9-10-19(24-14)11-20(17(21)16(15)19)12(2)13-7-5-4-6-8-13/h4-10,12,14-16H,3,11H2,1-2H3/t12-,14+,15-,16+,19-/m1/s1. The van der Waals surface area contributed by atoms with Gasteiger partial charge in [0.15, 0.2) is 0 Å². The van der Waals surface area contributed by atoms with E-state index in [0.717, 1.165) is 5.56 Å². The van der Waals surface area contributed by atoms with Gasteiger partial charge in [-0.25, -0.2) is 0 Å². The molecule has 3 heterocycles. The molecule has 2 saturated heterocycles. The zero-order valence-corrected chi connectivity index (χ0v) is 13.8. The summed E-state index contributed by atoms with van der Waals surface area (Å²) in [5, 5.41) is 0. The maximum absolute atomic E-state index is 13.1. The number of likely N-dealkylation sites (tertiary alicyclic amines) is 1. The number of esters is 1. The molecular formula is C19H21NO4. The summed E-state index contributed by atoms with van der Waals surface area (Å²) in [4.78, 5) is 27.3. The highest BCUT2D eigenvalue weighted by Gasteiger charge is 2.67. The fraction of sp³-hybridized carbons (Fsp3) is 0.474. The van der Waals surface area contributed by atoms with Crippen molar-refractivity contribution in [3.8, 4) is 0 Å². The highest BCUT2D eigenvalue weighted by atomic mass is 16.6. The summed E-state index contributed by atoms with van der Waals surface area (Å²) in [6, 6.07) is 9.86. The maximum Gasteiger partial charge on any atom is 0.312 e. The average Bonchev–Trinajstić information content (AvgIpc) is 3.23. The third kappa shape index (κ3) is 2.04. The minimum absolute atomic E-state index is 0.0174. The van der Waals surface area contributed by atoms with Crippen molar-refractivity contribution in [1.82, 2.24) is 4.90 Å². The second-order valence-corrected chi connectivity index (χ2v) is 6.70. The van der Waals surface area contributed by atoms with Gasteiger partial charge in [-0.1, -0.05) is 42.5 Å². The van der Waals surface area contributed by atoms with Crippen LogP contribution in [0.4, 0.5) is 0 Å². The molecule has 1 spiro atoms. The van der Waals surface area contributed by atoms with Crippen molar-refractivity contribution in [3.63, 3.8) is 0 Å². The summed E-state index contributed by atoms with van der Waals surface area (Å²) in [6.45, 7) is 4.58. The summed E-state index contributed by atoms with van der Waals surface area (Å²) < 4.78 is 11.3. The first kappa shape index (κ1) is 15.4. The molecule has 0 aromatic heterocycles. The minimum Gasteiger partial charge on any atom is -0.466 e. The van der Waals surface area contributed by atoms with E-state index in [1.165, 1.54) is 0 Å². The van der Waals surface area contributed by atoms with Crippen molar-refractivity contribution < 1.29 is 19.1 Å². The predicted octanol–water partition coefficient (Wildman–Crippen LogP) is 2.09. The number of ether oxygens (including phenoxy) is 2. The van der Waals surface area contributed by atoms with E-state index >= 15 is 0 Å². The smallest absolute Gasteiger partial charge is 0.312 e. The molecule has 0 aliphatic carbocycles. The molecule has 3 aliphatic rings. The van der Waals surface area contributed by atoms with E-state index in [-0.39, 0.29) is 24.0 Å². The molecule has 24 heavy (non-hydrogen) atoms. The van der Waals surface area contributed by atoms with Crippen LogP contribution >= 0.6 is 0 Å². The summed E-state index contributed by atoms with van der Waals surface area (Å²) in [5.74, 6) is -1.36. The van der Waals surface area contributed by atoms with Gasteiger partial charge in [-0.05, 0) is 19.4 Å². The van der Waals surface area contributed by atoms with Crippen LogP contribution in [0.2, 0.25) is 0 Å². The molecule has 1 amide bonds. The summed E-state index contributed by atoms with van der Waals surface area (Å²) in [7, 11) is 0. The molecule has 0 N–H and O–H groups in total. The number of amides is 1. The first-order valence-electron chi connectivity index (χ1n) is 8.46. The quantitative estimate of drug-likeness (QED) is 0.628. The van der Waals surface area contributed by atoms with Crippen LogP contribution in [0.1, 0.15) is 25.5 Å². The second-order valence-electron chi connectivity index (χ2n) is 6.70. The van der Waals surface area contributed by atoms with Gasteiger partial charge in [0.25, 0.3) is 0 Å². The molecule has 126 valence electrons. The van der Waals surface area contributed by atoms with Gasteiger partial charge in [0.1, 0.15) is 11.5 Å². The molecule has 2 fully saturated rings. The Morgan fingerprint density at radius 3 is 2.88 bits per heavy atom. The van der Waals surface area contributed by atoms with E-state index in [2.05, 4.69) is 0 Å². The van der Waals surface area contributed by atoms with Gasteiger partial charge in [0, 0.05) is 0 Å². The lowest BCUT2D eigenvalue weighted by atomic mass is 9.77. The van der Waals surface area contributed by atoms with Crippen LogP contribution < -0.4 is 0 Å². The molecule has 5 nitrogen and oxygen atoms in total. The SMILES string of the molecule is CCOC(=O)[C@@H]1[C@@H]2C=C[C@]3(CN([C@H](C)c4ccccc4)C(=O)[C@H]13)O2. The van der Waals surface area contributed by atoms with Gasteiger partial charge in [0.05, 0.1) is 31.2 Å². The lowest BCUT2D eigenvalue weighted by Gasteiger charge is -2.27. The summed E-state index contributed by atoms with van der Waals surface area (Å²) in [6.07, 6.45) is 3.53. The molecule has 5 heteroatoms. The van der Waals surface area contributed by atoms with Crippen LogP contribution in [-0.4, -0.2) is 41.6 Å². The predicted molar refractivity (Wildman–Crippen MR) is 86.9 cm³/mol. The van der Waals surface area contributed by atoms with Crippen molar-refractivity contribution in [2.45, 2.75) is 31.6 Å². The van der Waals surface area contributed by atoms with Crippen LogP contribution in [0, 0.1) is 11.8 Å². The zero-order valence-electron chi connectivity index (χ0n) is 13.8. The molecule has 0 saturated carbocycles. The number of hydrogen-bond acceptors (Lipinski definition) is 4. The minimum atomic E-state index is -0.678. The number of rotatable bonds is 4. The molecule has 4 rings (SSSR count). The van der Waals surface area contributed by atoms with Crippen LogP contribution in [-0.2, 0) is 19.1 Å². The van der Waals surface area contributed by atoms with Crippen LogP contribution in [0.25, 0.3) is 0 Å².